The van der Waals surface area contributed by atoms with Gasteiger partial charge in [-0.05, 0) is 52.5 Å². The molecule has 0 bridgehead atoms. The van der Waals surface area contributed by atoms with Gasteiger partial charge in [-0.15, -0.1) is 19.4 Å². The Hall–Kier alpha value is -2.64. The number of halogens is 4. The maximum atomic E-state index is 13.0. The molecule has 11 heteroatoms. The minimum absolute atomic E-state index is 0.298. The Morgan fingerprint density at radius 1 is 1.18 bits per heavy atom. The highest BCUT2D eigenvalue weighted by Crippen LogP contribution is 2.36. The van der Waals surface area contributed by atoms with Gasteiger partial charge in [-0.1, -0.05) is 11.6 Å². The number of alkyl halides is 3. The molecule has 1 unspecified atom stereocenters. The van der Waals surface area contributed by atoms with Gasteiger partial charge in [0.1, 0.15) is 5.58 Å². The molecule has 0 aliphatic heterocycles. The molecule has 2 aromatic carbocycles. The highest BCUT2D eigenvalue weighted by Gasteiger charge is 2.33. The number of H-pyrrole nitrogens is 1. The van der Waals surface area contributed by atoms with E-state index in [4.69, 9.17) is 16.0 Å². The number of rotatable bonds is 4. The molecule has 0 aliphatic carbocycles. The molecule has 6 nitrogen and oxygen atoms in total. The second kappa shape index (κ2) is 7.07. The second-order valence-electron chi connectivity index (χ2n) is 5.98. The smallest absolute Gasteiger partial charge is 0.417 e. The van der Waals surface area contributed by atoms with Crippen LogP contribution in [0.3, 0.4) is 0 Å². The lowest BCUT2D eigenvalue weighted by Crippen LogP contribution is -2.10. The molecule has 2 aromatic heterocycles. The average molecular weight is 426 g/mol. The minimum atomic E-state index is -4.51. The van der Waals surface area contributed by atoms with E-state index in [1.807, 2.05) is 12.1 Å². The number of benzene rings is 2. The fourth-order valence-electron chi connectivity index (χ4n) is 2.73. The minimum Gasteiger partial charge on any atom is -0.453 e. The molecule has 0 aliphatic rings. The van der Waals surface area contributed by atoms with Crippen molar-refractivity contribution in [1.82, 2.24) is 20.6 Å². The molecule has 0 radical (unpaired) electrons. The van der Waals surface area contributed by atoms with Crippen LogP contribution in [0.15, 0.2) is 40.8 Å². The second-order valence-corrected chi connectivity index (χ2v) is 7.01. The maximum Gasteiger partial charge on any atom is 0.417 e. The number of tetrazole rings is 1. The highest BCUT2D eigenvalue weighted by molar-refractivity contribution is 7.27. The van der Waals surface area contributed by atoms with Crippen LogP contribution in [-0.2, 0) is 12.7 Å². The first kappa shape index (κ1) is 18.7. The fourth-order valence-corrected chi connectivity index (χ4v) is 3.32. The van der Waals surface area contributed by atoms with E-state index >= 15 is 0 Å². The zero-order chi connectivity index (χ0) is 19.9. The summed E-state index contributed by atoms with van der Waals surface area (Å²) in [5, 5.41) is 18.0. The lowest BCUT2D eigenvalue weighted by Gasteiger charge is -2.13. The van der Waals surface area contributed by atoms with Gasteiger partial charge in [0, 0.05) is 17.6 Å². The topological polar surface area (TPSA) is 79.6 Å². The van der Waals surface area contributed by atoms with E-state index in [2.05, 4.69) is 35.2 Å². The monoisotopic (exact) mass is 425 g/mol. The van der Waals surface area contributed by atoms with Gasteiger partial charge in [0.25, 0.3) is 0 Å². The molecule has 0 saturated heterocycles. The van der Waals surface area contributed by atoms with E-state index in [1.54, 1.807) is 6.07 Å². The van der Waals surface area contributed by atoms with Gasteiger partial charge in [0.15, 0.2) is 5.76 Å². The molecule has 28 heavy (non-hydrogen) atoms. The van der Waals surface area contributed by atoms with E-state index in [-0.39, 0.29) is 5.02 Å². The summed E-state index contributed by atoms with van der Waals surface area (Å²) in [6, 6.07) is 9.22. The molecule has 2 N–H and O–H groups in total. The maximum absolute atomic E-state index is 13.0. The molecule has 2 heterocycles. The summed E-state index contributed by atoms with van der Waals surface area (Å²) < 4.78 is 44.8. The number of nitrogens with zero attached hydrogens (tertiary/aromatic N) is 3. The highest BCUT2D eigenvalue weighted by atomic mass is 35.5. The summed E-state index contributed by atoms with van der Waals surface area (Å²) in [6.45, 7) is 0.298. The molecule has 0 amide bonds. The van der Waals surface area contributed by atoms with Gasteiger partial charge in [0.05, 0.1) is 10.6 Å². The van der Waals surface area contributed by atoms with Crippen molar-refractivity contribution < 1.29 is 17.6 Å². The van der Waals surface area contributed by atoms with Crippen LogP contribution in [0, 0.1) is 0 Å². The summed E-state index contributed by atoms with van der Waals surface area (Å²) in [5.74, 6) is 0.799. The van der Waals surface area contributed by atoms with E-state index in [0.717, 1.165) is 22.3 Å². The van der Waals surface area contributed by atoms with E-state index in [1.165, 1.54) is 12.1 Å². The zero-order valence-corrected chi connectivity index (χ0v) is 15.9. The van der Waals surface area contributed by atoms with Crippen molar-refractivity contribution in [3.63, 3.8) is 0 Å². The number of fused-ring (bicyclic) bond motifs is 1. The molecule has 4 aromatic rings. The van der Waals surface area contributed by atoms with Crippen molar-refractivity contribution in [2.24, 2.45) is 0 Å². The summed E-state index contributed by atoms with van der Waals surface area (Å²) in [5.41, 5.74) is 0.884. The fraction of sp³-hybridized carbons (Fsp3) is 0.118. The first-order chi connectivity index (χ1) is 13.3. The van der Waals surface area contributed by atoms with Crippen molar-refractivity contribution in [3.8, 4) is 11.6 Å². The average Bonchev–Trinajstić information content (AvgIpc) is 3.29. The molecule has 144 valence electrons. The Balaban J connectivity index is 1.59. The number of anilines is 1. The van der Waals surface area contributed by atoms with Crippen LogP contribution in [0.5, 0.6) is 0 Å². The van der Waals surface area contributed by atoms with Crippen LogP contribution >= 0.6 is 20.8 Å². The summed E-state index contributed by atoms with van der Waals surface area (Å²) in [6.07, 6.45) is -4.51. The SMILES string of the molecule is FC(F)(F)c1cc(NCc2cc3oc(-c4nn[nH]n4)cc3cc2P)ccc1Cl. The number of nitrogens with one attached hydrogen (secondary N) is 2. The van der Waals surface area contributed by atoms with Crippen molar-refractivity contribution in [3.05, 3.63) is 52.5 Å². The standard InChI is InChI=1S/C17H12ClF3N5OP/c18-12-2-1-10(6-11(12)17(19,20)21)22-7-9-4-13-8(5-15(9)28)3-14(27-13)16-23-25-26-24-16/h1-6,22H,7,28H2,(H,23,24,25,26). The molecule has 4 rings (SSSR count). The zero-order valence-electron chi connectivity index (χ0n) is 14.0. The molecular weight excluding hydrogens is 414 g/mol. The van der Waals surface area contributed by atoms with Crippen molar-refractivity contribution >= 4 is 42.8 Å². The van der Waals surface area contributed by atoms with Crippen LogP contribution in [-0.4, -0.2) is 20.6 Å². The van der Waals surface area contributed by atoms with Crippen molar-refractivity contribution in [1.29, 1.82) is 0 Å². The molecular formula is C17H12ClF3N5OP. The van der Waals surface area contributed by atoms with E-state index < -0.39 is 11.7 Å². The van der Waals surface area contributed by atoms with Crippen molar-refractivity contribution in [2.45, 2.75) is 12.7 Å². The van der Waals surface area contributed by atoms with E-state index in [0.29, 0.717) is 29.4 Å². The summed E-state index contributed by atoms with van der Waals surface area (Å²) in [7, 11) is 2.61. The van der Waals surface area contributed by atoms with Crippen LogP contribution < -0.4 is 10.6 Å². The first-order valence-electron chi connectivity index (χ1n) is 7.97. The number of aromatic nitrogens is 4. The lowest BCUT2D eigenvalue weighted by molar-refractivity contribution is -0.137. The van der Waals surface area contributed by atoms with Crippen LogP contribution in [0.4, 0.5) is 18.9 Å². The predicted molar refractivity (Wildman–Crippen MR) is 103 cm³/mol. The Morgan fingerprint density at radius 3 is 2.71 bits per heavy atom. The van der Waals surface area contributed by atoms with E-state index in [9.17, 15) is 13.2 Å². The Bertz CT molecular complexity index is 1140. The summed E-state index contributed by atoms with van der Waals surface area (Å²) in [4.78, 5) is 0. The molecule has 0 spiro atoms. The van der Waals surface area contributed by atoms with Gasteiger partial charge < -0.3 is 9.73 Å². The normalized spacial score (nSPS) is 11.9. The Kier molecular flexibility index (Phi) is 4.72. The van der Waals surface area contributed by atoms with Crippen LogP contribution in [0.2, 0.25) is 5.02 Å². The number of hydrogen-bond donors (Lipinski definition) is 2. The number of hydrogen-bond acceptors (Lipinski definition) is 5. The Morgan fingerprint density at radius 2 is 2.00 bits per heavy atom. The third-order valence-electron chi connectivity index (χ3n) is 4.10. The van der Waals surface area contributed by atoms with Gasteiger partial charge in [-0.2, -0.15) is 18.4 Å². The number of furan rings is 1. The Labute approximate surface area is 163 Å². The largest absolute Gasteiger partial charge is 0.453 e. The van der Waals surface area contributed by atoms with Gasteiger partial charge in [-0.25, -0.2) is 0 Å². The number of aromatic amines is 1. The third-order valence-corrected chi connectivity index (χ3v) is 4.97. The van der Waals surface area contributed by atoms with Gasteiger partial charge in [-0.3, -0.25) is 0 Å². The quantitative estimate of drug-likeness (QED) is 0.474. The predicted octanol–water partition coefficient (Wildman–Crippen LogP) is 4.40. The molecule has 1 atom stereocenters. The van der Waals surface area contributed by atoms with Crippen molar-refractivity contribution in [2.75, 3.05) is 5.32 Å². The van der Waals surface area contributed by atoms with Gasteiger partial charge >= 0.3 is 6.18 Å². The van der Waals surface area contributed by atoms with Gasteiger partial charge in [0.2, 0.25) is 5.82 Å². The molecule has 0 saturated carbocycles. The van der Waals surface area contributed by atoms with Crippen LogP contribution in [0.25, 0.3) is 22.6 Å². The first-order valence-corrected chi connectivity index (χ1v) is 8.93. The molecule has 0 fully saturated rings. The summed E-state index contributed by atoms with van der Waals surface area (Å²) >= 11 is 5.65. The lowest BCUT2D eigenvalue weighted by atomic mass is 10.1. The third kappa shape index (κ3) is 3.68. The van der Waals surface area contributed by atoms with Crippen LogP contribution in [0.1, 0.15) is 11.1 Å².